The van der Waals surface area contributed by atoms with E-state index in [1.807, 2.05) is 6.92 Å². The van der Waals surface area contributed by atoms with Crippen molar-refractivity contribution in [3.8, 4) is 5.75 Å². The molecular weight excluding hydrogens is 373 g/mol. The Labute approximate surface area is 169 Å². The molecule has 29 heavy (non-hydrogen) atoms. The van der Waals surface area contributed by atoms with E-state index in [0.29, 0.717) is 23.6 Å². The zero-order chi connectivity index (χ0) is 20.8. The first-order valence-electron chi connectivity index (χ1n) is 9.88. The molecule has 0 bridgehead atoms. The molecule has 154 valence electrons. The first-order chi connectivity index (χ1) is 13.8. The van der Waals surface area contributed by atoms with Crippen molar-refractivity contribution >= 4 is 17.2 Å². The zero-order valence-electron chi connectivity index (χ0n) is 16.7. The van der Waals surface area contributed by atoms with E-state index in [2.05, 4.69) is 14.9 Å². The number of rotatable bonds is 6. The fourth-order valence-corrected chi connectivity index (χ4v) is 3.59. The Morgan fingerprint density at radius 1 is 1.38 bits per heavy atom. The molecule has 0 spiro atoms. The number of nitrogen functional groups attached to an aromatic ring is 1. The van der Waals surface area contributed by atoms with Gasteiger partial charge in [-0.2, -0.15) is 0 Å². The van der Waals surface area contributed by atoms with Crippen LogP contribution in [0.5, 0.6) is 5.75 Å². The molecule has 1 aliphatic carbocycles. The first-order valence-corrected chi connectivity index (χ1v) is 9.88. The highest BCUT2D eigenvalue weighted by molar-refractivity contribution is 6.13. The lowest BCUT2D eigenvalue weighted by Crippen LogP contribution is -2.25. The van der Waals surface area contributed by atoms with Crippen LogP contribution in [0, 0.1) is 17.1 Å². The second-order valence-electron chi connectivity index (χ2n) is 8.29. The van der Waals surface area contributed by atoms with Crippen LogP contribution in [0.2, 0.25) is 0 Å². The van der Waals surface area contributed by atoms with Crippen LogP contribution in [0.25, 0.3) is 0 Å². The first kappa shape index (κ1) is 19.6. The number of aliphatic hydroxyl groups excluding tert-OH is 1. The minimum absolute atomic E-state index is 0.0863. The van der Waals surface area contributed by atoms with Crippen LogP contribution in [-0.2, 0) is 0 Å². The molecule has 0 amide bonds. The smallest absolute Gasteiger partial charge is 0.167 e. The fraction of sp³-hybridized carbons (Fsp3) is 0.476. The molecule has 4 N–H and O–H groups in total. The van der Waals surface area contributed by atoms with Gasteiger partial charge in [-0.25, -0.2) is 14.4 Å². The number of hydrogen-bond acceptors (Lipinski definition) is 7. The van der Waals surface area contributed by atoms with Crippen molar-refractivity contribution in [3.05, 3.63) is 41.6 Å². The van der Waals surface area contributed by atoms with Crippen molar-refractivity contribution in [3.63, 3.8) is 0 Å². The normalized spacial score (nSPS) is 21.1. The molecular formula is C21H26FN5O2. The Morgan fingerprint density at radius 2 is 2.14 bits per heavy atom. The van der Waals surface area contributed by atoms with Crippen molar-refractivity contribution in [1.29, 1.82) is 5.41 Å². The Bertz CT molecular complexity index is 945. The Balaban J connectivity index is 1.59. The largest absolute Gasteiger partial charge is 0.484 e. The van der Waals surface area contributed by atoms with E-state index >= 15 is 0 Å². The topological polar surface area (TPSA) is 108 Å². The van der Waals surface area contributed by atoms with Gasteiger partial charge in [-0.1, -0.05) is 0 Å². The molecule has 2 heterocycles. The Morgan fingerprint density at radius 3 is 2.79 bits per heavy atom. The minimum Gasteiger partial charge on any atom is -0.484 e. The fourth-order valence-electron chi connectivity index (χ4n) is 3.59. The van der Waals surface area contributed by atoms with E-state index in [4.69, 9.17) is 15.9 Å². The van der Waals surface area contributed by atoms with E-state index in [0.717, 1.165) is 25.8 Å². The Hall–Kier alpha value is -2.74. The van der Waals surface area contributed by atoms with Crippen molar-refractivity contribution in [2.45, 2.75) is 44.8 Å². The molecule has 8 heteroatoms. The number of nitrogens with two attached hydrogens (primary N) is 1. The molecule has 1 saturated carbocycles. The molecule has 2 unspecified atom stereocenters. The van der Waals surface area contributed by atoms with Gasteiger partial charge in [0.15, 0.2) is 11.6 Å². The van der Waals surface area contributed by atoms with E-state index in [1.165, 1.54) is 18.5 Å². The van der Waals surface area contributed by atoms with Gasteiger partial charge in [0, 0.05) is 42.4 Å². The molecule has 1 aliphatic heterocycles. The average Bonchev–Trinajstić information content (AvgIpc) is 3.20. The summed E-state index contributed by atoms with van der Waals surface area (Å²) in [5.41, 5.74) is 6.69. The molecule has 2 aromatic rings. The molecule has 4 rings (SSSR count). The SMILES string of the molecule is CC(O)C1CCN(c2cc(C(=N)c3cc(OC4(C)CC4)c(F)cc3N)ncn2)C1. The number of benzene rings is 1. The summed E-state index contributed by atoms with van der Waals surface area (Å²) in [6, 6.07) is 4.41. The lowest BCUT2D eigenvalue weighted by atomic mass is 10.0. The third-order valence-electron chi connectivity index (χ3n) is 5.82. The quantitative estimate of drug-likeness (QED) is 0.509. The highest BCUT2D eigenvalue weighted by atomic mass is 19.1. The molecule has 1 saturated heterocycles. The number of ether oxygens (including phenoxy) is 1. The summed E-state index contributed by atoms with van der Waals surface area (Å²) in [6.07, 6.45) is 3.69. The maximum atomic E-state index is 14.3. The molecule has 1 aromatic carbocycles. The molecule has 0 radical (unpaired) electrons. The summed E-state index contributed by atoms with van der Waals surface area (Å²) in [4.78, 5) is 10.6. The summed E-state index contributed by atoms with van der Waals surface area (Å²) < 4.78 is 20.1. The number of aliphatic hydroxyl groups is 1. The maximum Gasteiger partial charge on any atom is 0.167 e. The summed E-state index contributed by atoms with van der Waals surface area (Å²) in [6.45, 7) is 5.22. The number of anilines is 2. The summed E-state index contributed by atoms with van der Waals surface area (Å²) in [7, 11) is 0. The Kier molecular flexibility index (Phi) is 4.90. The highest BCUT2D eigenvalue weighted by Crippen LogP contribution is 2.41. The predicted molar refractivity (Wildman–Crippen MR) is 109 cm³/mol. The molecule has 2 fully saturated rings. The van der Waals surface area contributed by atoms with E-state index < -0.39 is 5.82 Å². The zero-order valence-corrected chi connectivity index (χ0v) is 16.7. The number of nitrogens with one attached hydrogen (secondary N) is 1. The van der Waals surface area contributed by atoms with Gasteiger partial charge in [0.1, 0.15) is 17.7 Å². The van der Waals surface area contributed by atoms with Crippen LogP contribution in [0.1, 0.15) is 44.4 Å². The van der Waals surface area contributed by atoms with Gasteiger partial charge >= 0.3 is 0 Å². The van der Waals surface area contributed by atoms with E-state index in [1.54, 1.807) is 13.0 Å². The highest BCUT2D eigenvalue weighted by Gasteiger charge is 2.40. The third kappa shape index (κ3) is 4.03. The van der Waals surface area contributed by atoms with E-state index in [-0.39, 0.29) is 34.8 Å². The summed E-state index contributed by atoms with van der Waals surface area (Å²) >= 11 is 0. The van der Waals surface area contributed by atoms with Crippen LogP contribution in [-0.4, -0.2) is 45.6 Å². The lowest BCUT2D eigenvalue weighted by molar-refractivity contribution is 0.136. The summed E-state index contributed by atoms with van der Waals surface area (Å²) in [5.74, 6) is 0.471. The minimum atomic E-state index is -0.531. The van der Waals surface area contributed by atoms with Gasteiger partial charge in [0.2, 0.25) is 0 Å². The number of nitrogens with zero attached hydrogens (tertiary/aromatic N) is 3. The van der Waals surface area contributed by atoms with Crippen molar-refractivity contribution in [2.75, 3.05) is 23.7 Å². The van der Waals surface area contributed by atoms with Crippen LogP contribution >= 0.6 is 0 Å². The number of hydrogen-bond donors (Lipinski definition) is 3. The third-order valence-corrected chi connectivity index (χ3v) is 5.82. The second-order valence-corrected chi connectivity index (χ2v) is 8.29. The van der Waals surface area contributed by atoms with Crippen LogP contribution in [0.15, 0.2) is 24.5 Å². The standard InChI is InChI=1S/C21H26FN5O2/c1-12(28)13-3-6-27(10-13)19-9-17(25-11-26-19)20(24)14-7-18(15(22)8-16(14)23)29-21(2)4-5-21/h7-9,11-13,24,28H,3-6,10,23H2,1-2H3. The van der Waals surface area contributed by atoms with Gasteiger partial charge in [-0.3, -0.25) is 5.41 Å². The van der Waals surface area contributed by atoms with Gasteiger partial charge in [-0.15, -0.1) is 0 Å². The van der Waals surface area contributed by atoms with Gasteiger partial charge in [-0.05, 0) is 39.2 Å². The monoisotopic (exact) mass is 399 g/mol. The van der Waals surface area contributed by atoms with Gasteiger partial charge < -0.3 is 20.5 Å². The van der Waals surface area contributed by atoms with E-state index in [9.17, 15) is 9.50 Å². The van der Waals surface area contributed by atoms with Crippen LogP contribution in [0.3, 0.4) is 0 Å². The van der Waals surface area contributed by atoms with Crippen molar-refractivity contribution in [2.24, 2.45) is 5.92 Å². The molecule has 2 aliphatic rings. The average molecular weight is 399 g/mol. The lowest BCUT2D eigenvalue weighted by Gasteiger charge is -2.19. The van der Waals surface area contributed by atoms with Crippen molar-refractivity contribution in [1.82, 2.24) is 9.97 Å². The second kappa shape index (κ2) is 7.26. The predicted octanol–water partition coefficient (Wildman–Crippen LogP) is 2.75. The maximum absolute atomic E-state index is 14.3. The van der Waals surface area contributed by atoms with Crippen molar-refractivity contribution < 1.29 is 14.2 Å². The number of halogens is 1. The van der Waals surface area contributed by atoms with Gasteiger partial charge in [0.05, 0.1) is 17.5 Å². The molecule has 7 nitrogen and oxygen atoms in total. The molecule has 1 aromatic heterocycles. The van der Waals surface area contributed by atoms with Crippen LogP contribution < -0.4 is 15.4 Å². The summed E-state index contributed by atoms with van der Waals surface area (Å²) in [5, 5.41) is 18.4. The van der Waals surface area contributed by atoms with Gasteiger partial charge in [0.25, 0.3) is 0 Å². The number of aromatic nitrogens is 2. The van der Waals surface area contributed by atoms with Crippen LogP contribution in [0.4, 0.5) is 15.9 Å². The molecule has 2 atom stereocenters.